The number of nitrogens with zero attached hydrogens (tertiary/aromatic N) is 2. The highest BCUT2D eigenvalue weighted by Crippen LogP contribution is 2.25. The summed E-state index contributed by atoms with van der Waals surface area (Å²) in [4.78, 5) is 4.75. The monoisotopic (exact) mass is 229 g/mol. The average Bonchev–Trinajstić information content (AvgIpc) is 3.05. The third-order valence-corrected chi connectivity index (χ3v) is 2.96. The second-order valence-electron chi connectivity index (χ2n) is 4.81. The molecule has 0 bridgehead atoms. The molecule has 1 rings (SSSR count). The van der Waals surface area contributed by atoms with Crippen LogP contribution in [0.3, 0.4) is 0 Å². The molecular weight excluding hydrogens is 202 g/mol. The van der Waals surface area contributed by atoms with E-state index >= 15 is 0 Å². The van der Waals surface area contributed by atoms with Crippen LogP contribution in [0.4, 0.5) is 0 Å². The molecule has 0 heterocycles. The molecule has 16 heavy (non-hydrogen) atoms. The van der Waals surface area contributed by atoms with Crippen LogP contribution in [0.2, 0.25) is 0 Å². The molecule has 0 atom stereocenters. The lowest BCUT2D eigenvalue weighted by atomic mass is 10.4. The molecule has 96 valence electrons. The van der Waals surface area contributed by atoms with Gasteiger partial charge in [0.2, 0.25) is 0 Å². The predicted octanol–water partition coefficient (Wildman–Crippen LogP) is 0.248. The van der Waals surface area contributed by atoms with Gasteiger partial charge in [-0.3, -0.25) is 4.90 Å². The van der Waals surface area contributed by atoms with Crippen molar-refractivity contribution in [3.8, 4) is 0 Å². The summed E-state index contributed by atoms with van der Waals surface area (Å²) in [6, 6.07) is 0.839. The van der Waals surface area contributed by atoms with Gasteiger partial charge in [-0.1, -0.05) is 0 Å². The molecule has 0 saturated heterocycles. The minimum Gasteiger partial charge on any atom is -0.383 e. The van der Waals surface area contributed by atoms with Gasteiger partial charge in [-0.2, -0.15) is 0 Å². The number of hydrogen-bond acceptors (Lipinski definition) is 4. The van der Waals surface area contributed by atoms with Crippen LogP contribution in [-0.2, 0) is 4.74 Å². The first-order chi connectivity index (χ1) is 7.74. The van der Waals surface area contributed by atoms with E-state index in [0.29, 0.717) is 0 Å². The van der Waals surface area contributed by atoms with Crippen molar-refractivity contribution >= 4 is 0 Å². The summed E-state index contributed by atoms with van der Waals surface area (Å²) in [5, 5.41) is 3.48. The van der Waals surface area contributed by atoms with Crippen LogP contribution < -0.4 is 5.32 Å². The summed E-state index contributed by atoms with van der Waals surface area (Å²) in [6.45, 7) is 6.37. The van der Waals surface area contributed by atoms with E-state index in [1.165, 1.54) is 12.8 Å². The summed E-state index contributed by atoms with van der Waals surface area (Å²) < 4.78 is 5.14. The Morgan fingerprint density at radius 2 is 1.81 bits per heavy atom. The van der Waals surface area contributed by atoms with E-state index in [0.717, 1.165) is 45.4 Å². The van der Waals surface area contributed by atoms with Crippen molar-refractivity contribution in [1.29, 1.82) is 0 Å². The van der Waals surface area contributed by atoms with E-state index < -0.39 is 0 Å². The SMILES string of the molecule is COCCN(CCNCCN(C)C)C1CC1. The number of likely N-dealkylation sites (N-methyl/N-ethyl adjacent to an activating group) is 1. The van der Waals surface area contributed by atoms with Crippen molar-refractivity contribution in [1.82, 2.24) is 15.1 Å². The standard InChI is InChI=1S/C12H27N3O/c1-14(2)8-6-13-7-9-15(10-11-16-3)12-4-5-12/h12-13H,4-11H2,1-3H3. The third kappa shape index (κ3) is 6.43. The first kappa shape index (κ1) is 13.9. The molecule has 1 fully saturated rings. The van der Waals surface area contributed by atoms with E-state index in [-0.39, 0.29) is 0 Å². The van der Waals surface area contributed by atoms with Gasteiger partial charge in [0.25, 0.3) is 0 Å². The molecular formula is C12H27N3O. The maximum absolute atomic E-state index is 5.14. The van der Waals surface area contributed by atoms with Crippen LogP contribution in [0.5, 0.6) is 0 Å². The van der Waals surface area contributed by atoms with E-state index in [4.69, 9.17) is 4.74 Å². The fourth-order valence-corrected chi connectivity index (χ4v) is 1.78. The minimum atomic E-state index is 0.839. The van der Waals surface area contributed by atoms with Crippen molar-refractivity contribution in [2.24, 2.45) is 0 Å². The molecule has 0 aromatic heterocycles. The third-order valence-electron chi connectivity index (χ3n) is 2.96. The normalized spacial score (nSPS) is 16.3. The molecule has 0 amide bonds. The lowest BCUT2D eigenvalue weighted by molar-refractivity contribution is 0.144. The quantitative estimate of drug-likeness (QED) is 0.544. The van der Waals surface area contributed by atoms with Crippen LogP contribution in [0.15, 0.2) is 0 Å². The van der Waals surface area contributed by atoms with Crippen LogP contribution in [-0.4, -0.2) is 76.4 Å². The van der Waals surface area contributed by atoms with E-state index in [1.807, 2.05) is 0 Å². The smallest absolute Gasteiger partial charge is 0.0589 e. The van der Waals surface area contributed by atoms with Gasteiger partial charge in [0, 0.05) is 45.9 Å². The predicted molar refractivity (Wildman–Crippen MR) is 67.9 cm³/mol. The van der Waals surface area contributed by atoms with Crippen molar-refractivity contribution in [3.63, 3.8) is 0 Å². The highest BCUT2D eigenvalue weighted by atomic mass is 16.5. The van der Waals surface area contributed by atoms with Crippen molar-refractivity contribution in [3.05, 3.63) is 0 Å². The number of hydrogen-bond donors (Lipinski definition) is 1. The molecule has 1 saturated carbocycles. The molecule has 0 unspecified atom stereocenters. The molecule has 0 aliphatic heterocycles. The molecule has 0 aromatic rings. The average molecular weight is 229 g/mol. The van der Waals surface area contributed by atoms with Crippen LogP contribution in [0.1, 0.15) is 12.8 Å². The van der Waals surface area contributed by atoms with Crippen LogP contribution in [0.25, 0.3) is 0 Å². The molecule has 4 heteroatoms. The van der Waals surface area contributed by atoms with Gasteiger partial charge >= 0.3 is 0 Å². The van der Waals surface area contributed by atoms with E-state index in [2.05, 4.69) is 29.2 Å². The summed E-state index contributed by atoms with van der Waals surface area (Å²) >= 11 is 0. The minimum absolute atomic E-state index is 0.839. The first-order valence-electron chi connectivity index (χ1n) is 6.32. The molecule has 4 nitrogen and oxygen atoms in total. The summed E-state index contributed by atoms with van der Waals surface area (Å²) in [6.07, 6.45) is 2.75. The Bertz CT molecular complexity index is 172. The zero-order valence-electron chi connectivity index (χ0n) is 11.0. The fourth-order valence-electron chi connectivity index (χ4n) is 1.78. The maximum atomic E-state index is 5.14. The maximum Gasteiger partial charge on any atom is 0.0589 e. The summed E-state index contributed by atoms with van der Waals surface area (Å²) in [5.41, 5.74) is 0. The zero-order chi connectivity index (χ0) is 11.8. The first-order valence-corrected chi connectivity index (χ1v) is 6.32. The lowest BCUT2D eigenvalue weighted by Crippen LogP contribution is -2.37. The van der Waals surface area contributed by atoms with Gasteiger partial charge in [-0.15, -0.1) is 0 Å². The Balaban J connectivity index is 1.99. The number of ether oxygens (including phenoxy) is 1. The highest BCUT2D eigenvalue weighted by Gasteiger charge is 2.27. The number of rotatable bonds is 10. The zero-order valence-corrected chi connectivity index (χ0v) is 11.0. The van der Waals surface area contributed by atoms with Gasteiger partial charge < -0.3 is 15.0 Å². The Labute approximate surface area is 99.9 Å². The van der Waals surface area contributed by atoms with E-state index in [9.17, 15) is 0 Å². The van der Waals surface area contributed by atoms with Crippen molar-refractivity contribution in [2.75, 3.05) is 60.5 Å². The van der Waals surface area contributed by atoms with Gasteiger partial charge in [-0.25, -0.2) is 0 Å². The van der Waals surface area contributed by atoms with Gasteiger partial charge in [0.05, 0.1) is 6.61 Å². The van der Waals surface area contributed by atoms with Crippen LogP contribution >= 0.6 is 0 Å². The fraction of sp³-hybridized carbons (Fsp3) is 1.00. The highest BCUT2D eigenvalue weighted by molar-refractivity contribution is 4.84. The van der Waals surface area contributed by atoms with Gasteiger partial charge in [-0.05, 0) is 26.9 Å². The van der Waals surface area contributed by atoms with Gasteiger partial charge in [0.1, 0.15) is 0 Å². The molecule has 1 aliphatic carbocycles. The summed E-state index contributed by atoms with van der Waals surface area (Å²) in [5.74, 6) is 0. The Hall–Kier alpha value is -0.160. The van der Waals surface area contributed by atoms with Crippen molar-refractivity contribution < 1.29 is 4.74 Å². The Kier molecular flexibility index (Phi) is 6.96. The molecule has 1 N–H and O–H groups in total. The van der Waals surface area contributed by atoms with Crippen LogP contribution in [0, 0.1) is 0 Å². The Morgan fingerprint density at radius 1 is 1.12 bits per heavy atom. The lowest BCUT2D eigenvalue weighted by Gasteiger charge is -2.21. The second kappa shape index (κ2) is 8.01. The largest absolute Gasteiger partial charge is 0.383 e. The molecule has 0 spiro atoms. The topological polar surface area (TPSA) is 27.7 Å². The molecule has 0 radical (unpaired) electrons. The molecule has 0 aromatic carbocycles. The molecule has 1 aliphatic rings. The second-order valence-corrected chi connectivity index (χ2v) is 4.81. The van der Waals surface area contributed by atoms with Crippen molar-refractivity contribution in [2.45, 2.75) is 18.9 Å². The Morgan fingerprint density at radius 3 is 2.38 bits per heavy atom. The number of methoxy groups -OCH3 is 1. The number of nitrogens with one attached hydrogen (secondary N) is 1. The van der Waals surface area contributed by atoms with Gasteiger partial charge in [0.15, 0.2) is 0 Å². The van der Waals surface area contributed by atoms with E-state index in [1.54, 1.807) is 7.11 Å². The summed E-state index contributed by atoms with van der Waals surface area (Å²) in [7, 11) is 5.99.